The van der Waals surface area contributed by atoms with Crippen molar-refractivity contribution >= 4 is 53.0 Å². The summed E-state index contributed by atoms with van der Waals surface area (Å²) in [6, 6.07) is 16.9. The molecule has 26 heavy (non-hydrogen) atoms. The second-order valence-corrected chi connectivity index (χ2v) is 7.67. The molecule has 138 valence electrons. The van der Waals surface area contributed by atoms with Crippen LogP contribution >= 0.6 is 36.6 Å². The first-order valence-corrected chi connectivity index (χ1v) is 9.38. The fourth-order valence-corrected chi connectivity index (χ4v) is 4.77. The molecule has 2 aromatic carbocycles. The van der Waals surface area contributed by atoms with Gasteiger partial charge in [-0.25, -0.2) is 0 Å². The van der Waals surface area contributed by atoms with Crippen molar-refractivity contribution in [1.29, 1.82) is 0 Å². The number of halogens is 2. The first kappa shape index (κ1) is 20.8. The van der Waals surface area contributed by atoms with E-state index in [1.54, 1.807) is 0 Å². The van der Waals surface area contributed by atoms with Gasteiger partial charge in [-0.05, 0) is 41.7 Å². The summed E-state index contributed by atoms with van der Waals surface area (Å²) in [5, 5.41) is 2.68. The molecule has 1 saturated heterocycles. The van der Waals surface area contributed by atoms with E-state index in [0.29, 0.717) is 11.3 Å². The Balaban J connectivity index is 0.00000121. The Labute approximate surface area is 170 Å². The van der Waals surface area contributed by atoms with Gasteiger partial charge in [0.05, 0.1) is 5.69 Å². The fraction of sp³-hybridized carbons (Fsp3) is 0.250. The molecule has 4 N–H and O–H groups in total. The quantitative estimate of drug-likeness (QED) is 0.571. The van der Waals surface area contributed by atoms with E-state index >= 15 is 0 Å². The largest absolute Gasteiger partial charge is 0.398 e. The standard InChI is InChI=1S/C20H21N3S.2ClH/c21-14-9-10-24-20(11-14)19-8-5-13(12-23-19)15-6-7-18(22)17-4-2-1-3-16(15)17;;/h1-8,12,14,20H,9-11,21-22H2;2*1H. The molecular formula is C20H23Cl2N3S. The Morgan fingerprint density at radius 2 is 1.73 bits per heavy atom. The lowest BCUT2D eigenvalue weighted by molar-refractivity contribution is 0.570. The number of thioether (sulfide) groups is 1. The molecule has 1 aliphatic heterocycles. The molecule has 3 nitrogen and oxygen atoms in total. The Morgan fingerprint density at radius 1 is 0.962 bits per heavy atom. The highest BCUT2D eigenvalue weighted by molar-refractivity contribution is 7.99. The number of hydrogen-bond acceptors (Lipinski definition) is 4. The third-order valence-corrected chi connectivity index (χ3v) is 6.02. The highest BCUT2D eigenvalue weighted by Gasteiger charge is 2.22. The van der Waals surface area contributed by atoms with Gasteiger partial charge in [0.1, 0.15) is 0 Å². The second kappa shape index (κ2) is 8.96. The van der Waals surface area contributed by atoms with Gasteiger partial charge in [-0.1, -0.05) is 36.4 Å². The molecule has 3 aromatic rings. The zero-order valence-corrected chi connectivity index (χ0v) is 16.7. The van der Waals surface area contributed by atoms with E-state index in [-0.39, 0.29) is 24.8 Å². The summed E-state index contributed by atoms with van der Waals surface area (Å²) in [4.78, 5) is 4.73. The SMILES string of the molecule is Cl.Cl.Nc1ccc(-c2ccc(C3CC(N)CCS3)nc2)c2ccccc12. The van der Waals surface area contributed by atoms with E-state index in [9.17, 15) is 0 Å². The molecule has 0 aliphatic carbocycles. The fourth-order valence-electron chi connectivity index (χ4n) is 3.36. The van der Waals surface area contributed by atoms with Gasteiger partial charge in [0.2, 0.25) is 0 Å². The van der Waals surface area contributed by atoms with Crippen molar-refractivity contribution in [3.8, 4) is 11.1 Å². The molecule has 0 saturated carbocycles. The number of pyridine rings is 1. The minimum Gasteiger partial charge on any atom is -0.398 e. The summed E-state index contributed by atoms with van der Waals surface area (Å²) in [5.41, 5.74) is 16.5. The first-order valence-electron chi connectivity index (χ1n) is 8.33. The van der Waals surface area contributed by atoms with E-state index in [1.807, 2.05) is 36.2 Å². The molecule has 0 amide bonds. The summed E-state index contributed by atoms with van der Waals surface area (Å²) in [6.07, 6.45) is 4.10. The average Bonchev–Trinajstić information content (AvgIpc) is 2.63. The predicted octanol–water partition coefficient (Wildman–Crippen LogP) is 5.22. The van der Waals surface area contributed by atoms with Crippen LogP contribution in [0, 0.1) is 0 Å². The number of hydrogen-bond donors (Lipinski definition) is 2. The lowest BCUT2D eigenvalue weighted by Crippen LogP contribution is -2.26. The number of benzene rings is 2. The van der Waals surface area contributed by atoms with Gasteiger partial charge >= 0.3 is 0 Å². The number of anilines is 1. The summed E-state index contributed by atoms with van der Waals surface area (Å²) in [7, 11) is 0. The molecule has 4 rings (SSSR count). The summed E-state index contributed by atoms with van der Waals surface area (Å²) >= 11 is 1.97. The third-order valence-electron chi connectivity index (χ3n) is 4.71. The van der Waals surface area contributed by atoms with Gasteiger partial charge < -0.3 is 11.5 Å². The topological polar surface area (TPSA) is 64.9 Å². The number of nitrogens with two attached hydrogens (primary N) is 2. The number of nitrogen functional groups attached to an aromatic ring is 1. The maximum Gasteiger partial charge on any atom is 0.0534 e. The number of nitrogens with zero attached hydrogens (tertiary/aromatic N) is 1. The van der Waals surface area contributed by atoms with Gasteiger partial charge in [0, 0.05) is 34.1 Å². The van der Waals surface area contributed by atoms with Crippen molar-refractivity contribution < 1.29 is 0 Å². The maximum absolute atomic E-state index is 6.11. The molecule has 6 heteroatoms. The number of fused-ring (bicyclic) bond motifs is 1. The van der Waals surface area contributed by atoms with Crippen LogP contribution in [0.5, 0.6) is 0 Å². The van der Waals surface area contributed by atoms with Crippen LogP contribution in [0.1, 0.15) is 23.8 Å². The Bertz CT molecular complexity index is 871. The Hall–Kier alpha value is -1.46. The van der Waals surface area contributed by atoms with E-state index < -0.39 is 0 Å². The van der Waals surface area contributed by atoms with E-state index in [2.05, 4.69) is 30.3 Å². The predicted molar refractivity (Wildman–Crippen MR) is 118 cm³/mol. The highest BCUT2D eigenvalue weighted by Crippen LogP contribution is 2.38. The van der Waals surface area contributed by atoms with Crippen LogP contribution in [0.25, 0.3) is 21.9 Å². The normalized spacial score (nSPS) is 19.4. The van der Waals surface area contributed by atoms with Crippen LogP contribution in [0.2, 0.25) is 0 Å². The van der Waals surface area contributed by atoms with Crippen LogP contribution in [-0.4, -0.2) is 16.8 Å². The Morgan fingerprint density at radius 3 is 2.42 bits per heavy atom. The van der Waals surface area contributed by atoms with Crippen molar-refractivity contribution in [1.82, 2.24) is 4.98 Å². The highest BCUT2D eigenvalue weighted by atomic mass is 35.5. The molecule has 1 aliphatic rings. The molecule has 1 aromatic heterocycles. The number of aromatic nitrogens is 1. The van der Waals surface area contributed by atoms with Gasteiger partial charge in [-0.3, -0.25) is 4.98 Å². The molecule has 2 unspecified atom stereocenters. The van der Waals surface area contributed by atoms with Crippen molar-refractivity contribution in [3.63, 3.8) is 0 Å². The van der Waals surface area contributed by atoms with Gasteiger partial charge in [-0.2, -0.15) is 11.8 Å². The molecule has 1 fully saturated rings. The van der Waals surface area contributed by atoms with Crippen LogP contribution < -0.4 is 11.5 Å². The number of rotatable bonds is 2. The lowest BCUT2D eigenvalue weighted by atomic mass is 9.98. The summed E-state index contributed by atoms with van der Waals surface area (Å²) in [5.74, 6) is 1.12. The van der Waals surface area contributed by atoms with E-state index in [0.717, 1.165) is 40.9 Å². The molecule has 0 spiro atoms. The first-order chi connectivity index (χ1) is 11.7. The lowest BCUT2D eigenvalue weighted by Gasteiger charge is -2.25. The molecule has 2 atom stereocenters. The zero-order valence-electron chi connectivity index (χ0n) is 14.3. The van der Waals surface area contributed by atoms with Gasteiger partial charge in [-0.15, -0.1) is 24.8 Å². The van der Waals surface area contributed by atoms with Crippen LogP contribution in [0.15, 0.2) is 54.7 Å². The van der Waals surface area contributed by atoms with Gasteiger partial charge in [0.15, 0.2) is 0 Å². The van der Waals surface area contributed by atoms with Crippen LogP contribution in [0.3, 0.4) is 0 Å². The molecule has 0 radical (unpaired) electrons. The van der Waals surface area contributed by atoms with Crippen LogP contribution in [-0.2, 0) is 0 Å². The van der Waals surface area contributed by atoms with Crippen LogP contribution in [0.4, 0.5) is 5.69 Å². The summed E-state index contributed by atoms with van der Waals surface area (Å²) < 4.78 is 0. The maximum atomic E-state index is 6.11. The van der Waals surface area contributed by atoms with Crippen molar-refractivity contribution in [2.45, 2.75) is 24.1 Å². The van der Waals surface area contributed by atoms with E-state index in [4.69, 9.17) is 16.5 Å². The summed E-state index contributed by atoms with van der Waals surface area (Å²) in [6.45, 7) is 0. The molecular weight excluding hydrogens is 385 g/mol. The average molecular weight is 408 g/mol. The Kier molecular flexibility index (Phi) is 7.18. The molecule has 2 heterocycles. The monoisotopic (exact) mass is 407 g/mol. The third kappa shape index (κ3) is 4.09. The zero-order chi connectivity index (χ0) is 16.5. The minimum atomic E-state index is 0. The van der Waals surface area contributed by atoms with E-state index in [1.165, 1.54) is 10.9 Å². The van der Waals surface area contributed by atoms with Gasteiger partial charge in [0.25, 0.3) is 0 Å². The second-order valence-electron chi connectivity index (χ2n) is 6.36. The van der Waals surface area contributed by atoms with Crippen molar-refractivity contribution in [2.24, 2.45) is 5.73 Å². The smallest absolute Gasteiger partial charge is 0.0534 e. The van der Waals surface area contributed by atoms with Crippen molar-refractivity contribution in [3.05, 3.63) is 60.4 Å². The minimum absolute atomic E-state index is 0. The molecule has 0 bridgehead atoms. The van der Waals surface area contributed by atoms with Crippen molar-refractivity contribution in [2.75, 3.05) is 11.5 Å².